The third-order valence-electron chi connectivity index (χ3n) is 3.28. The maximum absolute atomic E-state index is 6.24. The van der Waals surface area contributed by atoms with E-state index >= 15 is 0 Å². The van der Waals surface area contributed by atoms with Gasteiger partial charge in [0.25, 0.3) is 0 Å². The third kappa shape index (κ3) is 4.49. The average molecular weight is 235 g/mol. The minimum atomic E-state index is -0.0868. The molecule has 0 saturated heterocycles. The van der Waals surface area contributed by atoms with Crippen LogP contribution in [0.15, 0.2) is 18.2 Å². The molecule has 0 spiro atoms. The topological polar surface area (TPSA) is 35.2 Å². The summed E-state index contributed by atoms with van der Waals surface area (Å²) >= 11 is 0. The van der Waals surface area contributed by atoms with Crippen LogP contribution < -0.4 is 5.73 Å². The quantitative estimate of drug-likeness (QED) is 0.847. The van der Waals surface area contributed by atoms with Crippen molar-refractivity contribution in [1.29, 1.82) is 0 Å². The summed E-state index contributed by atoms with van der Waals surface area (Å²) in [5.74, 6) is 0. The van der Waals surface area contributed by atoms with Crippen molar-refractivity contribution >= 4 is 0 Å². The van der Waals surface area contributed by atoms with E-state index in [0.717, 1.165) is 12.8 Å². The second-order valence-electron chi connectivity index (χ2n) is 5.53. The van der Waals surface area contributed by atoms with Crippen molar-refractivity contribution in [2.75, 3.05) is 7.11 Å². The van der Waals surface area contributed by atoms with Gasteiger partial charge in [-0.2, -0.15) is 0 Å². The van der Waals surface area contributed by atoms with Crippen molar-refractivity contribution in [2.24, 2.45) is 5.73 Å². The Hall–Kier alpha value is -0.860. The molecule has 1 aromatic carbocycles. The fraction of sp³-hybridized carbons (Fsp3) is 0.600. The van der Waals surface area contributed by atoms with E-state index < -0.39 is 0 Å². The fourth-order valence-corrected chi connectivity index (χ4v) is 2.00. The molecule has 0 aromatic heterocycles. The molecule has 0 aliphatic heterocycles. The van der Waals surface area contributed by atoms with Crippen molar-refractivity contribution < 1.29 is 4.74 Å². The summed E-state index contributed by atoms with van der Waals surface area (Å²) in [5.41, 5.74) is 9.94. The summed E-state index contributed by atoms with van der Waals surface area (Å²) in [6, 6.07) is 6.63. The highest BCUT2D eigenvalue weighted by atomic mass is 16.5. The van der Waals surface area contributed by atoms with Gasteiger partial charge in [0.1, 0.15) is 0 Å². The highest BCUT2D eigenvalue weighted by Crippen LogP contribution is 2.24. The van der Waals surface area contributed by atoms with Crippen molar-refractivity contribution in [2.45, 2.75) is 52.2 Å². The Bertz CT molecular complexity index is 351. The maximum atomic E-state index is 6.24. The van der Waals surface area contributed by atoms with Gasteiger partial charge in [-0.1, -0.05) is 29.3 Å². The van der Waals surface area contributed by atoms with Crippen LogP contribution in [0.4, 0.5) is 0 Å². The minimum absolute atomic E-state index is 0.0868. The predicted molar refractivity (Wildman–Crippen MR) is 73.2 cm³/mol. The lowest BCUT2D eigenvalue weighted by molar-refractivity contribution is 0.0125. The van der Waals surface area contributed by atoms with Gasteiger partial charge < -0.3 is 10.5 Å². The van der Waals surface area contributed by atoms with E-state index in [-0.39, 0.29) is 11.6 Å². The van der Waals surface area contributed by atoms with E-state index in [1.54, 1.807) is 7.11 Å². The van der Waals surface area contributed by atoms with Gasteiger partial charge in [0, 0.05) is 13.2 Å². The number of nitrogens with two attached hydrogens (primary N) is 1. The zero-order valence-electron chi connectivity index (χ0n) is 11.7. The summed E-state index contributed by atoms with van der Waals surface area (Å²) < 4.78 is 5.42. The SMILES string of the molecule is COC(C)(C)CCC(N)c1cc(C)cc(C)c1. The molecule has 2 heteroatoms. The largest absolute Gasteiger partial charge is 0.379 e. The van der Waals surface area contributed by atoms with Crippen LogP contribution in [-0.2, 0) is 4.74 Å². The van der Waals surface area contributed by atoms with Gasteiger partial charge in [-0.25, -0.2) is 0 Å². The number of methoxy groups -OCH3 is 1. The molecular weight excluding hydrogens is 210 g/mol. The monoisotopic (exact) mass is 235 g/mol. The first-order chi connectivity index (χ1) is 7.84. The second-order valence-corrected chi connectivity index (χ2v) is 5.53. The molecule has 1 unspecified atom stereocenters. The molecule has 1 atom stereocenters. The first-order valence-corrected chi connectivity index (χ1v) is 6.23. The van der Waals surface area contributed by atoms with E-state index in [4.69, 9.17) is 10.5 Å². The van der Waals surface area contributed by atoms with Gasteiger partial charge in [-0.15, -0.1) is 0 Å². The Kier molecular flexibility index (Phi) is 4.72. The molecule has 0 heterocycles. The van der Waals surface area contributed by atoms with Crippen LogP contribution in [0.1, 0.15) is 49.4 Å². The molecule has 96 valence electrons. The molecule has 0 amide bonds. The molecule has 0 aliphatic rings. The van der Waals surface area contributed by atoms with Gasteiger partial charge in [-0.05, 0) is 46.1 Å². The molecule has 17 heavy (non-hydrogen) atoms. The zero-order valence-corrected chi connectivity index (χ0v) is 11.7. The fourth-order valence-electron chi connectivity index (χ4n) is 2.00. The summed E-state index contributed by atoms with van der Waals surface area (Å²) in [6.07, 6.45) is 1.92. The Morgan fingerprint density at radius 3 is 2.18 bits per heavy atom. The van der Waals surface area contributed by atoms with E-state index in [0.29, 0.717) is 0 Å². The van der Waals surface area contributed by atoms with Crippen molar-refractivity contribution in [3.05, 3.63) is 34.9 Å². The standard InChI is InChI=1S/C15H25NO/c1-11-8-12(2)10-13(9-11)14(16)6-7-15(3,4)17-5/h8-10,14H,6-7,16H2,1-5H3. The minimum Gasteiger partial charge on any atom is -0.379 e. The van der Waals surface area contributed by atoms with Gasteiger partial charge in [-0.3, -0.25) is 0 Å². The lowest BCUT2D eigenvalue weighted by atomic mass is 9.94. The first-order valence-electron chi connectivity index (χ1n) is 6.23. The summed E-state index contributed by atoms with van der Waals surface area (Å²) in [6.45, 7) is 8.42. The highest BCUT2D eigenvalue weighted by molar-refractivity contribution is 5.30. The molecule has 2 N–H and O–H groups in total. The van der Waals surface area contributed by atoms with E-state index in [1.807, 2.05) is 0 Å². The molecule has 1 aromatic rings. The van der Waals surface area contributed by atoms with Crippen LogP contribution >= 0.6 is 0 Å². The molecule has 0 saturated carbocycles. The Morgan fingerprint density at radius 1 is 1.18 bits per heavy atom. The molecule has 0 aliphatic carbocycles. The Balaban J connectivity index is 2.67. The number of benzene rings is 1. The van der Waals surface area contributed by atoms with Crippen LogP contribution in [0.25, 0.3) is 0 Å². The van der Waals surface area contributed by atoms with Crippen LogP contribution in [0.5, 0.6) is 0 Å². The highest BCUT2D eigenvalue weighted by Gasteiger charge is 2.18. The summed E-state index contributed by atoms with van der Waals surface area (Å²) in [4.78, 5) is 0. The number of aryl methyl sites for hydroxylation is 2. The normalized spacial score (nSPS) is 13.8. The number of hydrogen-bond donors (Lipinski definition) is 1. The molecule has 1 rings (SSSR count). The van der Waals surface area contributed by atoms with Crippen LogP contribution in [-0.4, -0.2) is 12.7 Å². The van der Waals surface area contributed by atoms with Crippen LogP contribution in [0.3, 0.4) is 0 Å². The van der Waals surface area contributed by atoms with E-state index in [1.165, 1.54) is 16.7 Å². The lowest BCUT2D eigenvalue weighted by Gasteiger charge is -2.24. The van der Waals surface area contributed by atoms with Crippen LogP contribution in [0.2, 0.25) is 0 Å². The maximum Gasteiger partial charge on any atom is 0.0623 e. The Morgan fingerprint density at radius 2 is 1.71 bits per heavy atom. The van der Waals surface area contributed by atoms with Crippen molar-refractivity contribution in [1.82, 2.24) is 0 Å². The lowest BCUT2D eigenvalue weighted by Crippen LogP contribution is -2.24. The van der Waals surface area contributed by atoms with E-state index in [9.17, 15) is 0 Å². The third-order valence-corrected chi connectivity index (χ3v) is 3.28. The van der Waals surface area contributed by atoms with Crippen molar-refractivity contribution in [3.63, 3.8) is 0 Å². The van der Waals surface area contributed by atoms with Gasteiger partial charge in [0.05, 0.1) is 5.60 Å². The Labute approximate surface area is 105 Å². The van der Waals surface area contributed by atoms with Crippen LogP contribution in [0, 0.1) is 13.8 Å². The van der Waals surface area contributed by atoms with E-state index in [2.05, 4.69) is 45.9 Å². The van der Waals surface area contributed by atoms with Gasteiger partial charge in [0.2, 0.25) is 0 Å². The average Bonchev–Trinajstić information content (AvgIpc) is 2.24. The molecule has 0 bridgehead atoms. The number of rotatable bonds is 5. The zero-order chi connectivity index (χ0) is 13.1. The summed E-state index contributed by atoms with van der Waals surface area (Å²) in [7, 11) is 1.75. The van der Waals surface area contributed by atoms with Gasteiger partial charge >= 0.3 is 0 Å². The molecule has 0 fully saturated rings. The summed E-state index contributed by atoms with van der Waals surface area (Å²) in [5, 5.41) is 0. The van der Waals surface area contributed by atoms with Gasteiger partial charge in [0.15, 0.2) is 0 Å². The molecule has 0 radical (unpaired) electrons. The molecule has 2 nitrogen and oxygen atoms in total. The smallest absolute Gasteiger partial charge is 0.0623 e. The van der Waals surface area contributed by atoms with Crippen molar-refractivity contribution in [3.8, 4) is 0 Å². The number of ether oxygens (including phenoxy) is 1. The first kappa shape index (κ1) is 14.2. The second kappa shape index (κ2) is 5.65. The number of hydrogen-bond acceptors (Lipinski definition) is 2. The molecular formula is C15H25NO. The predicted octanol–water partition coefficient (Wildman–Crippen LogP) is 3.51.